The summed E-state index contributed by atoms with van der Waals surface area (Å²) in [5, 5.41) is 49.8. The van der Waals surface area contributed by atoms with Crippen LogP contribution in [-0.2, 0) is 27.9 Å². The molecule has 0 aromatic rings. The second kappa shape index (κ2) is 26.2. The van der Waals surface area contributed by atoms with Crippen LogP contribution in [-0.4, -0.2) is 98.9 Å². The fourth-order valence-corrected chi connectivity index (χ4v) is 6.50. The molecule has 1 rings (SSSR count). The van der Waals surface area contributed by atoms with Crippen molar-refractivity contribution >= 4 is 13.8 Å². The van der Waals surface area contributed by atoms with E-state index in [1.165, 1.54) is 77.0 Å². The molecule has 46 heavy (non-hydrogen) atoms. The van der Waals surface area contributed by atoms with E-state index in [1.54, 1.807) is 0 Å². The summed E-state index contributed by atoms with van der Waals surface area (Å²) in [6.45, 7) is 4.19. The summed E-state index contributed by atoms with van der Waals surface area (Å²) in [7, 11) is -4.99. The van der Waals surface area contributed by atoms with Crippen LogP contribution in [0.25, 0.3) is 0 Å². The van der Waals surface area contributed by atoms with Gasteiger partial charge in [-0.15, -0.1) is 0 Å². The Kier molecular flexibility index (Phi) is 24.7. The first kappa shape index (κ1) is 43.4. The van der Waals surface area contributed by atoms with E-state index >= 15 is 0 Å². The number of esters is 1. The highest BCUT2D eigenvalue weighted by Crippen LogP contribution is 2.47. The molecule has 1 aliphatic carbocycles. The lowest BCUT2D eigenvalue weighted by Crippen LogP contribution is -2.64. The zero-order valence-electron chi connectivity index (χ0n) is 28.4. The van der Waals surface area contributed by atoms with E-state index < -0.39 is 63.1 Å². The molecule has 0 aliphatic heterocycles. The third-order valence-electron chi connectivity index (χ3n) is 8.48. The maximum atomic E-state index is 12.7. The molecular weight excluding hydrogens is 619 g/mol. The minimum Gasteiger partial charge on any atom is -0.457 e. The smallest absolute Gasteiger partial charge is 0.457 e. The first-order chi connectivity index (χ1) is 22.0. The monoisotopic (exact) mass is 684 g/mol. The summed E-state index contributed by atoms with van der Waals surface area (Å²) in [6.07, 6.45) is 9.21. The highest BCUT2D eigenvalue weighted by Gasteiger charge is 2.51. The van der Waals surface area contributed by atoms with E-state index in [0.717, 1.165) is 38.5 Å². The minimum absolute atomic E-state index is 0.0706. The van der Waals surface area contributed by atoms with E-state index in [-0.39, 0.29) is 13.0 Å². The molecule has 6 unspecified atom stereocenters. The number of hydrogen-bond donors (Lipinski definition) is 6. The van der Waals surface area contributed by atoms with E-state index in [0.29, 0.717) is 13.0 Å². The summed E-state index contributed by atoms with van der Waals surface area (Å²) >= 11 is 0. The number of phosphoric ester groups is 1. The second-order valence-electron chi connectivity index (χ2n) is 12.7. The zero-order chi connectivity index (χ0) is 34.2. The zero-order valence-corrected chi connectivity index (χ0v) is 29.3. The number of carbonyl (C=O) groups excluding carboxylic acids is 1. The number of unbranched alkanes of at least 4 members (excludes halogenated alkanes) is 17. The Morgan fingerprint density at radius 1 is 0.609 bits per heavy atom. The molecule has 1 aliphatic rings. The third kappa shape index (κ3) is 19.4. The van der Waals surface area contributed by atoms with E-state index in [4.69, 9.17) is 18.5 Å². The minimum atomic E-state index is -4.99. The first-order valence-electron chi connectivity index (χ1n) is 17.9. The van der Waals surface area contributed by atoms with Crippen LogP contribution in [0.5, 0.6) is 0 Å². The van der Waals surface area contributed by atoms with Gasteiger partial charge in [-0.2, -0.15) is 0 Å². The van der Waals surface area contributed by atoms with Gasteiger partial charge in [0.1, 0.15) is 42.7 Å². The maximum Gasteiger partial charge on any atom is 0.472 e. The Balaban J connectivity index is 2.51. The predicted molar refractivity (Wildman–Crippen MR) is 175 cm³/mol. The highest BCUT2D eigenvalue weighted by atomic mass is 31.2. The van der Waals surface area contributed by atoms with Gasteiger partial charge in [0, 0.05) is 13.0 Å². The van der Waals surface area contributed by atoms with Gasteiger partial charge in [0.05, 0.1) is 13.2 Å². The molecule has 0 radical (unpaired) electrons. The van der Waals surface area contributed by atoms with Crippen LogP contribution >= 0.6 is 7.82 Å². The van der Waals surface area contributed by atoms with Crippen LogP contribution in [0, 0.1) is 0 Å². The number of rotatable bonds is 29. The van der Waals surface area contributed by atoms with Crippen molar-refractivity contribution in [3.63, 3.8) is 0 Å². The van der Waals surface area contributed by atoms with Gasteiger partial charge in [-0.1, -0.05) is 123 Å². The van der Waals surface area contributed by atoms with Crippen LogP contribution < -0.4 is 0 Å². The van der Waals surface area contributed by atoms with Crippen LogP contribution in [0.3, 0.4) is 0 Å². The number of aliphatic hydroxyl groups is 5. The molecule has 0 aromatic carbocycles. The Hall–Kier alpha value is -0.660. The molecule has 0 bridgehead atoms. The molecule has 0 amide bonds. The van der Waals surface area contributed by atoms with Gasteiger partial charge in [0.15, 0.2) is 0 Å². The lowest BCUT2D eigenvalue weighted by Gasteiger charge is -2.41. The molecule has 274 valence electrons. The third-order valence-corrected chi connectivity index (χ3v) is 9.47. The highest BCUT2D eigenvalue weighted by molar-refractivity contribution is 7.47. The Labute approximate surface area is 276 Å². The molecule has 0 aromatic heterocycles. The fourth-order valence-electron chi connectivity index (χ4n) is 5.53. The summed E-state index contributed by atoms with van der Waals surface area (Å²) < 4.78 is 33.8. The number of phosphoric acid groups is 1. The fraction of sp³-hybridized carbons (Fsp3) is 0.970. The van der Waals surface area contributed by atoms with Gasteiger partial charge in [0.25, 0.3) is 0 Å². The average Bonchev–Trinajstić information content (AvgIpc) is 3.03. The molecule has 6 N–H and O–H groups in total. The van der Waals surface area contributed by atoms with Gasteiger partial charge in [-0.05, 0) is 12.8 Å². The van der Waals surface area contributed by atoms with Crippen LogP contribution in [0.15, 0.2) is 0 Å². The predicted octanol–water partition coefficient (Wildman–Crippen LogP) is 5.08. The molecule has 0 saturated heterocycles. The van der Waals surface area contributed by atoms with Crippen molar-refractivity contribution in [1.29, 1.82) is 0 Å². The van der Waals surface area contributed by atoms with Gasteiger partial charge < -0.3 is 39.9 Å². The maximum absolute atomic E-state index is 12.7. The second-order valence-corrected chi connectivity index (χ2v) is 14.1. The molecule has 0 spiro atoms. The van der Waals surface area contributed by atoms with E-state index in [9.17, 15) is 39.8 Å². The van der Waals surface area contributed by atoms with Crippen molar-refractivity contribution < 1.29 is 58.3 Å². The van der Waals surface area contributed by atoms with E-state index in [2.05, 4.69) is 13.8 Å². The van der Waals surface area contributed by atoms with Crippen molar-refractivity contribution in [3.8, 4) is 0 Å². The normalized spacial score (nSPS) is 25.3. The molecule has 0 heterocycles. The topological polar surface area (TPSA) is 192 Å². The molecular formula is C33H65O12P. The molecule has 13 heteroatoms. The molecule has 1 fully saturated rings. The molecule has 6 atom stereocenters. The van der Waals surface area contributed by atoms with Crippen molar-refractivity contribution in [3.05, 3.63) is 0 Å². The Bertz CT molecular complexity index is 787. The van der Waals surface area contributed by atoms with Gasteiger partial charge in [0.2, 0.25) is 0 Å². The Morgan fingerprint density at radius 3 is 1.50 bits per heavy atom. The Morgan fingerprint density at radius 2 is 1.02 bits per heavy atom. The lowest BCUT2D eigenvalue weighted by molar-refractivity contribution is -0.220. The van der Waals surface area contributed by atoms with E-state index in [1.807, 2.05) is 0 Å². The lowest BCUT2D eigenvalue weighted by atomic mass is 9.85. The summed E-state index contributed by atoms with van der Waals surface area (Å²) in [6, 6.07) is 0. The molecule has 1 saturated carbocycles. The number of carbonyl (C=O) groups is 1. The van der Waals surface area contributed by atoms with Crippen molar-refractivity contribution in [2.75, 3.05) is 19.8 Å². The van der Waals surface area contributed by atoms with Crippen LogP contribution in [0.2, 0.25) is 0 Å². The summed E-state index contributed by atoms with van der Waals surface area (Å²) in [5.74, 6) is -0.479. The van der Waals surface area contributed by atoms with Gasteiger partial charge in [-0.3, -0.25) is 13.8 Å². The van der Waals surface area contributed by atoms with Crippen molar-refractivity contribution in [2.45, 2.75) is 185 Å². The number of aliphatic hydroxyl groups excluding tert-OH is 5. The number of ether oxygens (including phenoxy) is 2. The quantitative estimate of drug-likeness (QED) is 0.0348. The largest absolute Gasteiger partial charge is 0.472 e. The van der Waals surface area contributed by atoms with Crippen molar-refractivity contribution in [2.24, 2.45) is 0 Å². The SMILES string of the molecule is CCCCCCCCCCCCCC(=O)OC(COCCCCCCCCCC)COP(=O)(O)OC1C(O)C(O)C(O)C(O)C1O. The van der Waals surface area contributed by atoms with Crippen LogP contribution in [0.4, 0.5) is 0 Å². The number of hydrogen-bond acceptors (Lipinski definition) is 11. The van der Waals surface area contributed by atoms with Gasteiger partial charge in [-0.25, -0.2) is 4.57 Å². The van der Waals surface area contributed by atoms with Crippen molar-refractivity contribution in [1.82, 2.24) is 0 Å². The molecule has 12 nitrogen and oxygen atoms in total. The van der Waals surface area contributed by atoms with Crippen LogP contribution in [0.1, 0.15) is 142 Å². The summed E-state index contributed by atoms with van der Waals surface area (Å²) in [4.78, 5) is 22.9. The first-order valence-corrected chi connectivity index (χ1v) is 19.4. The van der Waals surface area contributed by atoms with Gasteiger partial charge >= 0.3 is 13.8 Å². The standard InChI is InChI=1S/C33H65O12P/c1-3-5-7-9-11-13-14-15-16-18-20-22-27(34)44-26(24-42-23-21-19-17-12-10-8-6-4-2)25-43-46(40,41)45-33-31(38)29(36)28(35)30(37)32(33)39/h26,28-33,35-39H,3-25H2,1-2H3,(H,40,41). The summed E-state index contributed by atoms with van der Waals surface area (Å²) in [5.41, 5.74) is 0. The average molecular weight is 685 g/mol.